The van der Waals surface area contributed by atoms with E-state index in [9.17, 15) is 9.59 Å². The van der Waals surface area contributed by atoms with Crippen LogP contribution in [-0.2, 0) is 5.41 Å². The molecule has 0 N–H and O–H groups in total. The van der Waals surface area contributed by atoms with Crippen molar-refractivity contribution in [3.8, 4) is 11.5 Å². The Bertz CT molecular complexity index is 915. The summed E-state index contributed by atoms with van der Waals surface area (Å²) in [4.78, 5) is 24.6. The van der Waals surface area contributed by atoms with Gasteiger partial charge in [-0.1, -0.05) is 38.1 Å². The van der Waals surface area contributed by atoms with Gasteiger partial charge < -0.3 is 9.47 Å². The summed E-state index contributed by atoms with van der Waals surface area (Å²) >= 11 is 0. The number of hydrogen-bond donors (Lipinski definition) is 0. The maximum atomic E-state index is 12.3. The fourth-order valence-corrected chi connectivity index (χ4v) is 3.12. The SMILES string of the molecule is CC1(C)c2ccc(cc2)OC(=O)c2ccc(cc2)C(=O)Oc2ccc1cc2. The number of hydrogen-bond acceptors (Lipinski definition) is 4. The van der Waals surface area contributed by atoms with Crippen LogP contribution in [0, 0.1) is 0 Å². The Labute approximate surface area is 157 Å². The predicted octanol–water partition coefficient (Wildman–Crippen LogP) is 4.76. The number of carbonyl (C=O) groups is 2. The van der Waals surface area contributed by atoms with Crippen LogP contribution in [0.15, 0.2) is 72.8 Å². The van der Waals surface area contributed by atoms with Gasteiger partial charge in [-0.05, 0) is 59.7 Å². The van der Waals surface area contributed by atoms with E-state index < -0.39 is 11.9 Å². The van der Waals surface area contributed by atoms with E-state index in [1.165, 1.54) is 0 Å². The van der Waals surface area contributed by atoms with Crippen molar-refractivity contribution in [3.63, 3.8) is 0 Å². The molecule has 0 radical (unpaired) electrons. The van der Waals surface area contributed by atoms with E-state index in [1.807, 2.05) is 24.3 Å². The van der Waals surface area contributed by atoms with Crippen LogP contribution in [0.25, 0.3) is 0 Å². The van der Waals surface area contributed by atoms with Gasteiger partial charge in [0.1, 0.15) is 11.5 Å². The maximum absolute atomic E-state index is 12.3. The molecule has 0 atom stereocenters. The van der Waals surface area contributed by atoms with Gasteiger partial charge in [-0.15, -0.1) is 0 Å². The summed E-state index contributed by atoms with van der Waals surface area (Å²) in [5.74, 6) is 0.00203. The van der Waals surface area contributed by atoms with E-state index in [0.717, 1.165) is 11.1 Å². The second kappa shape index (κ2) is 6.40. The highest BCUT2D eigenvalue weighted by molar-refractivity contribution is 5.94. The molecule has 6 bridgehead atoms. The van der Waals surface area contributed by atoms with Gasteiger partial charge in [-0.25, -0.2) is 9.59 Å². The third kappa shape index (κ3) is 3.22. The van der Waals surface area contributed by atoms with Crippen LogP contribution in [-0.4, -0.2) is 11.9 Å². The first-order chi connectivity index (χ1) is 12.9. The molecule has 0 unspecified atom stereocenters. The monoisotopic (exact) mass is 358 g/mol. The van der Waals surface area contributed by atoms with Gasteiger partial charge in [0, 0.05) is 5.41 Å². The van der Waals surface area contributed by atoms with E-state index in [2.05, 4.69) is 13.8 Å². The fraction of sp³-hybridized carbons (Fsp3) is 0.130. The molecule has 0 aliphatic carbocycles. The second-order valence-electron chi connectivity index (χ2n) is 7.03. The third-order valence-electron chi connectivity index (χ3n) is 4.93. The van der Waals surface area contributed by atoms with Crippen molar-refractivity contribution in [2.75, 3.05) is 0 Å². The zero-order valence-corrected chi connectivity index (χ0v) is 15.1. The Hall–Kier alpha value is -3.40. The van der Waals surface area contributed by atoms with E-state index in [1.54, 1.807) is 48.5 Å². The molecule has 0 spiro atoms. The molecule has 0 aromatic heterocycles. The van der Waals surface area contributed by atoms with Crippen molar-refractivity contribution in [2.45, 2.75) is 19.3 Å². The fourth-order valence-electron chi connectivity index (χ4n) is 3.12. The highest BCUT2D eigenvalue weighted by atomic mass is 16.5. The van der Waals surface area contributed by atoms with Crippen LogP contribution in [0.3, 0.4) is 0 Å². The zero-order chi connectivity index (χ0) is 19.0. The van der Waals surface area contributed by atoms with E-state index in [0.29, 0.717) is 22.6 Å². The van der Waals surface area contributed by atoms with Gasteiger partial charge in [-0.3, -0.25) is 0 Å². The Morgan fingerprint density at radius 2 is 0.889 bits per heavy atom. The smallest absolute Gasteiger partial charge is 0.343 e. The van der Waals surface area contributed by atoms with Crippen molar-refractivity contribution in [1.29, 1.82) is 0 Å². The second-order valence-corrected chi connectivity index (χ2v) is 7.03. The first kappa shape index (κ1) is 17.0. The molecular formula is C23H18O4. The number of fused-ring (bicyclic) bond motifs is 3. The van der Waals surface area contributed by atoms with Crippen molar-refractivity contribution in [1.82, 2.24) is 0 Å². The van der Waals surface area contributed by atoms with Gasteiger partial charge >= 0.3 is 11.9 Å². The number of esters is 2. The van der Waals surface area contributed by atoms with E-state index in [4.69, 9.17) is 9.47 Å². The number of ether oxygens (including phenoxy) is 2. The van der Waals surface area contributed by atoms with E-state index in [-0.39, 0.29) is 5.41 Å². The van der Waals surface area contributed by atoms with Gasteiger partial charge in [0.15, 0.2) is 0 Å². The van der Waals surface area contributed by atoms with Crippen molar-refractivity contribution < 1.29 is 19.1 Å². The van der Waals surface area contributed by atoms with E-state index >= 15 is 0 Å². The summed E-state index contributed by atoms with van der Waals surface area (Å²) in [7, 11) is 0. The Morgan fingerprint density at radius 1 is 0.556 bits per heavy atom. The number of rotatable bonds is 0. The number of carbonyl (C=O) groups excluding carboxylic acids is 2. The lowest BCUT2D eigenvalue weighted by atomic mass is 9.78. The Kier molecular flexibility index (Phi) is 4.04. The van der Waals surface area contributed by atoms with Gasteiger partial charge in [0.2, 0.25) is 0 Å². The molecule has 27 heavy (non-hydrogen) atoms. The molecule has 0 saturated carbocycles. The summed E-state index contributed by atoms with van der Waals surface area (Å²) in [6.45, 7) is 4.23. The minimum absolute atomic E-state index is 0.259. The van der Waals surface area contributed by atoms with Gasteiger partial charge in [0.25, 0.3) is 0 Å². The molecule has 0 amide bonds. The molecule has 3 aromatic rings. The molecule has 4 heteroatoms. The molecule has 134 valence electrons. The molecule has 7 rings (SSSR count). The molecule has 0 fully saturated rings. The normalized spacial score (nSPS) is 15.3. The van der Waals surface area contributed by atoms with Crippen LogP contribution in [0.4, 0.5) is 0 Å². The average molecular weight is 358 g/mol. The summed E-state index contributed by atoms with van der Waals surface area (Å²) in [6, 6.07) is 21.2. The molecule has 3 aromatic carbocycles. The molecule has 4 aliphatic heterocycles. The maximum Gasteiger partial charge on any atom is 0.343 e. The Morgan fingerprint density at radius 3 is 1.22 bits per heavy atom. The molecular weight excluding hydrogens is 340 g/mol. The third-order valence-corrected chi connectivity index (χ3v) is 4.93. The van der Waals surface area contributed by atoms with Crippen LogP contribution >= 0.6 is 0 Å². The highest BCUT2D eigenvalue weighted by Gasteiger charge is 2.24. The lowest BCUT2D eigenvalue weighted by molar-refractivity contribution is 0.0720. The van der Waals surface area contributed by atoms with Gasteiger partial charge in [-0.2, -0.15) is 0 Å². The van der Waals surface area contributed by atoms with Gasteiger partial charge in [0.05, 0.1) is 11.1 Å². The summed E-state index contributed by atoms with van der Waals surface area (Å²) in [5, 5.41) is 0. The molecule has 4 heterocycles. The van der Waals surface area contributed by atoms with Crippen LogP contribution < -0.4 is 9.47 Å². The Balaban J connectivity index is 1.82. The van der Waals surface area contributed by atoms with Crippen LogP contribution in [0.2, 0.25) is 0 Å². The highest BCUT2D eigenvalue weighted by Crippen LogP contribution is 2.33. The van der Waals surface area contributed by atoms with Crippen LogP contribution in [0.5, 0.6) is 11.5 Å². The number of benzene rings is 3. The van der Waals surface area contributed by atoms with Crippen molar-refractivity contribution >= 4 is 11.9 Å². The van der Waals surface area contributed by atoms with Crippen molar-refractivity contribution in [2.24, 2.45) is 0 Å². The topological polar surface area (TPSA) is 52.6 Å². The quantitative estimate of drug-likeness (QED) is 0.429. The molecule has 0 saturated heterocycles. The standard InChI is InChI=1S/C23H18O4/c1-23(2)17-7-11-19(12-8-17)26-21(24)15-3-4-16(6-5-15)22(25)27-20-13-9-18(23)10-14-20/h3-14H,1-2H3. The minimum Gasteiger partial charge on any atom is -0.423 e. The average Bonchev–Trinajstić information content (AvgIpc) is 2.68. The largest absolute Gasteiger partial charge is 0.423 e. The summed E-state index contributed by atoms with van der Waals surface area (Å²) in [6.07, 6.45) is 0. The lowest BCUT2D eigenvalue weighted by Crippen LogP contribution is -2.19. The minimum atomic E-state index is -0.474. The first-order valence-electron chi connectivity index (χ1n) is 8.69. The lowest BCUT2D eigenvalue weighted by Gasteiger charge is -2.26. The van der Waals surface area contributed by atoms with Crippen molar-refractivity contribution in [3.05, 3.63) is 95.1 Å². The van der Waals surface area contributed by atoms with Crippen LogP contribution in [0.1, 0.15) is 45.7 Å². The predicted molar refractivity (Wildman–Crippen MR) is 101 cm³/mol. The molecule has 4 nitrogen and oxygen atoms in total. The summed E-state index contributed by atoms with van der Waals surface area (Å²) < 4.78 is 10.9. The summed E-state index contributed by atoms with van der Waals surface area (Å²) in [5.41, 5.74) is 2.64. The zero-order valence-electron chi connectivity index (χ0n) is 15.1. The molecule has 4 aliphatic rings. The first-order valence-corrected chi connectivity index (χ1v) is 8.69.